The number of aryl methyl sites for hydroxylation is 1. The van der Waals surface area contributed by atoms with E-state index in [1.165, 1.54) is 5.56 Å². The van der Waals surface area contributed by atoms with Gasteiger partial charge in [-0.05, 0) is 77.7 Å². The van der Waals surface area contributed by atoms with E-state index in [2.05, 4.69) is 181 Å². The highest BCUT2D eigenvalue weighted by molar-refractivity contribution is 5.99. The number of hydrogen-bond donors (Lipinski definition) is 2. The van der Waals surface area contributed by atoms with Gasteiger partial charge in [0.05, 0.1) is 22.8 Å². The van der Waals surface area contributed by atoms with Gasteiger partial charge in [0.2, 0.25) is 0 Å². The van der Waals surface area contributed by atoms with E-state index in [0.29, 0.717) is 0 Å². The average Bonchev–Trinajstić information content (AvgIpc) is 3.97. The predicted octanol–water partition coefficient (Wildman–Crippen LogP) is 11.6. The molecule has 0 aliphatic carbocycles. The monoisotopic (exact) mass is 628 g/mol. The molecule has 2 aliphatic heterocycles. The lowest BCUT2D eigenvalue weighted by atomic mass is 10.0. The van der Waals surface area contributed by atoms with Crippen molar-refractivity contribution < 1.29 is 0 Å². The van der Waals surface area contributed by atoms with Gasteiger partial charge in [0.15, 0.2) is 0 Å². The number of aromatic amines is 2. The summed E-state index contributed by atoms with van der Waals surface area (Å²) in [5.74, 6) is 0. The molecule has 0 spiro atoms. The summed E-state index contributed by atoms with van der Waals surface area (Å²) in [4.78, 5) is 18.4. The predicted molar refractivity (Wildman–Crippen MR) is 205 cm³/mol. The first-order valence-electron chi connectivity index (χ1n) is 16.6. The van der Waals surface area contributed by atoms with Crippen LogP contribution in [0.15, 0.2) is 140 Å². The number of aromatic nitrogens is 4. The minimum absolute atomic E-state index is 0.906. The molecule has 2 aliphatic rings. The number of rotatable bonds is 4. The summed E-state index contributed by atoms with van der Waals surface area (Å²) in [7, 11) is 0. The number of nitrogens with one attached hydrogen (secondary N) is 2. The summed E-state index contributed by atoms with van der Waals surface area (Å²) in [5, 5.41) is 0. The van der Waals surface area contributed by atoms with E-state index in [-0.39, 0.29) is 0 Å². The fourth-order valence-corrected chi connectivity index (χ4v) is 7.04. The van der Waals surface area contributed by atoms with Crippen molar-refractivity contribution in [1.82, 2.24) is 19.9 Å². The molecule has 0 amide bonds. The average molecular weight is 629 g/mol. The second kappa shape index (κ2) is 11.9. The van der Waals surface area contributed by atoms with Gasteiger partial charge in [-0.15, -0.1) is 0 Å². The Balaban J connectivity index is 1.49. The minimum Gasteiger partial charge on any atom is -0.354 e. The van der Waals surface area contributed by atoms with Crippen LogP contribution in [0.1, 0.15) is 28.3 Å². The number of hydrogen-bond acceptors (Lipinski definition) is 2. The van der Waals surface area contributed by atoms with Crippen molar-refractivity contribution in [3.8, 4) is 44.5 Å². The Bertz CT molecular complexity index is 2550. The van der Waals surface area contributed by atoms with Crippen LogP contribution in [-0.4, -0.2) is 19.9 Å². The van der Waals surface area contributed by atoms with Crippen molar-refractivity contribution in [3.63, 3.8) is 0 Å². The van der Waals surface area contributed by atoms with E-state index in [1.54, 1.807) is 0 Å². The molecule has 49 heavy (non-hydrogen) atoms. The fourth-order valence-electron chi connectivity index (χ4n) is 7.04. The van der Waals surface area contributed by atoms with Crippen molar-refractivity contribution in [2.75, 3.05) is 0 Å². The highest BCUT2D eigenvalue weighted by Gasteiger charge is 2.18. The third kappa shape index (κ3) is 5.20. The van der Waals surface area contributed by atoms with Crippen LogP contribution in [-0.2, 0) is 0 Å². The highest BCUT2D eigenvalue weighted by atomic mass is 14.8. The van der Waals surface area contributed by atoms with Crippen molar-refractivity contribution in [3.05, 3.63) is 168 Å². The largest absolute Gasteiger partial charge is 0.354 e. The molecule has 0 saturated carbocycles. The van der Waals surface area contributed by atoms with Gasteiger partial charge in [-0.1, -0.05) is 121 Å². The summed E-state index contributed by atoms with van der Waals surface area (Å²) in [6, 6.07) is 48.9. The quantitative estimate of drug-likeness (QED) is 0.204. The minimum atomic E-state index is 0.906. The summed E-state index contributed by atoms with van der Waals surface area (Å²) in [6.07, 6.45) is 8.57. The summed E-state index contributed by atoms with van der Waals surface area (Å²) < 4.78 is 0. The van der Waals surface area contributed by atoms with Crippen LogP contribution in [0.2, 0.25) is 0 Å². The lowest BCUT2D eigenvalue weighted by Gasteiger charge is -2.07. The number of benzene rings is 4. The molecule has 7 aromatic rings. The van der Waals surface area contributed by atoms with Gasteiger partial charge >= 0.3 is 0 Å². The smallest absolute Gasteiger partial charge is 0.0737 e. The van der Waals surface area contributed by atoms with E-state index in [4.69, 9.17) is 9.97 Å². The Morgan fingerprint density at radius 2 is 0.673 bits per heavy atom. The van der Waals surface area contributed by atoms with E-state index in [1.807, 2.05) is 0 Å². The second-order valence-corrected chi connectivity index (χ2v) is 12.5. The first kappa shape index (κ1) is 28.7. The van der Waals surface area contributed by atoms with Crippen LogP contribution in [0.5, 0.6) is 0 Å². The normalized spacial score (nSPS) is 12.0. The van der Waals surface area contributed by atoms with Gasteiger partial charge in [-0.3, -0.25) is 0 Å². The van der Waals surface area contributed by atoms with E-state index in [9.17, 15) is 0 Å². The summed E-state index contributed by atoms with van der Waals surface area (Å²) in [6.45, 7) is 2.13. The zero-order valence-electron chi connectivity index (χ0n) is 27.0. The van der Waals surface area contributed by atoms with E-state index >= 15 is 0 Å². The van der Waals surface area contributed by atoms with Crippen molar-refractivity contribution in [1.29, 1.82) is 0 Å². The molecule has 232 valence electrons. The van der Waals surface area contributed by atoms with E-state index in [0.717, 1.165) is 89.4 Å². The SMILES string of the molecule is Cc1cccc(-c2c3nc(c(-c4ccccc4)c4ccc([nH]4)c(-c4ccccc4)c4nc(c(-c5ccccc5)c5ccc2[nH]5)C=C4)C=C3)c1. The molecule has 9 rings (SSSR count). The van der Waals surface area contributed by atoms with Gasteiger partial charge in [0.25, 0.3) is 0 Å². The molecule has 8 bridgehead atoms. The molecular weight excluding hydrogens is 597 g/mol. The molecule has 0 fully saturated rings. The molecule has 0 radical (unpaired) electrons. The Morgan fingerprint density at radius 1 is 0.347 bits per heavy atom. The van der Waals surface area contributed by atoms with Crippen molar-refractivity contribution in [2.24, 2.45) is 0 Å². The maximum Gasteiger partial charge on any atom is 0.0737 e. The van der Waals surface area contributed by atoms with Gasteiger partial charge in [0, 0.05) is 44.3 Å². The van der Waals surface area contributed by atoms with Crippen LogP contribution in [0.4, 0.5) is 0 Å². The second-order valence-electron chi connectivity index (χ2n) is 12.5. The van der Waals surface area contributed by atoms with Crippen LogP contribution in [0.3, 0.4) is 0 Å². The number of nitrogens with zero attached hydrogens (tertiary/aromatic N) is 2. The van der Waals surface area contributed by atoms with Crippen LogP contribution >= 0.6 is 0 Å². The molecule has 3 aromatic heterocycles. The molecular formula is C45H32N4. The molecule has 0 saturated heterocycles. The standard InChI is InChI=1S/C45H32N4/c1-29-12-11-19-33(28-29)45-40-26-24-38(48-40)43(31-15-7-3-8-16-31)36-22-20-34(46-36)42(30-13-5-2-6-14-30)35-21-23-37(47-35)44(32-17-9-4-10-18-32)39-25-27-41(45)49-39/h2-28,46,49H,1H3. The zero-order chi connectivity index (χ0) is 32.7. The maximum atomic E-state index is 5.38. The lowest BCUT2D eigenvalue weighted by molar-refractivity contribution is 1.31. The molecule has 4 aromatic carbocycles. The molecule has 4 nitrogen and oxygen atoms in total. The van der Waals surface area contributed by atoms with Crippen molar-refractivity contribution in [2.45, 2.75) is 6.92 Å². The Morgan fingerprint density at radius 3 is 1.02 bits per heavy atom. The van der Waals surface area contributed by atoms with Crippen LogP contribution in [0, 0.1) is 6.92 Å². The van der Waals surface area contributed by atoms with Gasteiger partial charge < -0.3 is 9.97 Å². The lowest BCUT2D eigenvalue weighted by Crippen LogP contribution is -1.89. The zero-order valence-corrected chi connectivity index (χ0v) is 27.0. The molecule has 0 unspecified atom stereocenters. The Hall–Kier alpha value is -6.52. The van der Waals surface area contributed by atoms with Gasteiger partial charge in [0.1, 0.15) is 0 Å². The summed E-state index contributed by atoms with van der Waals surface area (Å²) >= 11 is 0. The fraction of sp³-hybridized carbons (Fsp3) is 0.0222. The molecule has 4 heteroatoms. The topological polar surface area (TPSA) is 57.4 Å². The van der Waals surface area contributed by atoms with Crippen LogP contribution in [0.25, 0.3) is 90.9 Å². The molecule has 0 atom stereocenters. The van der Waals surface area contributed by atoms with Gasteiger partial charge in [-0.2, -0.15) is 0 Å². The third-order valence-electron chi connectivity index (χ3n) is 9.25. The van der Waals surface area contributed by atoms with Gasteiger partial charge in [-0.25, -0.2) is 9.97 Å². The van der Waals surface area contributed by atoms with Crippen LogP contribution < -0.4 is 0 Å². The highest BCUT2D eigenvalue weighted by Crippen LogP contribution is 2.38. The third-order valence-corrected chi connectivity index (χ3v) is 9.25. The first-order valence-corrected chi connectivity index (χ1v) is 16.6. The first-order chi connectivity index (χ1) is 24.2. The number of fused-ring (bicyclic) bond motifs is 8. The summed E-state index contributed by atoms with van der Waals surface area (Å²) in [5.41, 5.74) is 17.4. The molecule has 5 heterocycles. The van der Waals surface area contributed by atoms with Crippen molar-refractivity contribution >= 4 is 46.4 Å². The van der Waals surface area contributed by atoms with E-state index < -0.39 is 0 Å². The Kier molecular flexibility index (Phi) is 6.98. The molecule has 2 N–H and O–H groups in total. The Labute approximate surface area is 284 Å². The number of H-pyrrole nitrogens is 2. The maximum absolute atomic E-state index is 5.38.